The molecule has 9 heteroatoms. The number of amides is 1. The molecule has 33 heavy (non-hydrogen) atoms. The summed E-state index contributed by atoms with van der Waals surface area (Å²) in [5, 5.41) is 17.5. The molecule has 0 saturated carbocycles. The molecule has 0 saturated heterocycles. The number of carbonyl (C=O) groups is 2. The van der Waals surface area contributed by atoms with Crippen molar-refractivity contribution < 1.29 is 19.1 Å². The van der Waals surface area contributed by atoms with Gasteiger partial charge in [0.05, 0.1) is 26.0 Å². The van der Waals surface area contributed by atoms with Crippen molar-refractivity contribution in [3.63, 3.8) is 0 Å². The number of nitriles is 1. The first-order chi connectivity index (χ1) is 16.0. The Morgan fingerprint density at radius 3 is 2.58 bits per heavy atom. The lowest BCUT2D eigenvalue weighted by atomic mass is 10.1. The number of hydrogen-bond acceptors (Lipinski definition) is 7. The van der Waals surface area contributed by atoms with Crippen molar-refractivity contribution in [1.29, 1.82) is 5.26 Å². The van der Waals surface area contributed by atoms with E-state index in [-0.39, 0.29) is 22.5 Å². The second-order valence-corrected chi connectivity index (χ2v) is 7.11. The quantitative estimate of drug-likeness (QED) is 0.470. The fourth-order valence-electron chi connectivity index (χ4n) is 3.46. The molecular weight excluding hydrogens is 422 g/mol. The third-order valence-electron chi connectivity index (χ3n) is 5.10. The number of para-hydroxylation sites is 1. The highest BCUT2D eigenvalue weighted by molar-refractivity contribution is 6.06. The Bertz CT molecular complexity index is 1430. The van der Waals surface area contributed by atoms with E-state index < -0.39 is 11.9 Å². The fourth-order valence-corrected chi connectivity index (χ4v) is 3.46. The number of nitrogens with one attached hydrogen (secondary N) is 1. The maximum atomic E-state index is 13.0. The number of anilines is 1. The van der Waals surface area contributed by atoms with Crippen LogP contribution in [0.15, 0.2) is 54.7 Å². The van der Waals surface area contributed by atoms with Gasteiger partial charge in [-0.3, -0.25) is 4.79 Å². The summed E-state index contributed by atoms with van der Waals surface area (Å²) in [5.74, 6) is 0.0818. The van der Waals surface area contributed by atoms with Crippen LogP contribution in [-0.2, 0) is 4.74 Å². The third-order valence-corrected chi connectivity index (χ3v) is 5.10. The highest BCUT2D eigenvalue weighted by Gasteiger charge is 2.19. The second-order valence-electron chi connectivity index (χ2n) is 7.11. The number of pyridine rings is 1. The van der Waals surface area contributed by atoms with E-state index in [4.69, 9.17) is 9.47 Å². The van der Waals surface area contributed by atoms with Gasteiger partial charge in [-0.05, 0) is 42.8 Å². The van der Waals surface area contributed by atoms with Crippen LogP contribution in [-0.4, -0.2) is 40.9 Å². The van der Waals surface area contributed by atoms with E-state index in [1.165, 1.54) is 24.1 Å². The molecule has 164 valence electrons. The lowest BCUT2D eigenvalue weighted by molar-refractivity contribution is 0.0600. The average molecular weight is 441 g/mol. The van der Waals surface area contributed by atoms with Gasteiger partial charge in [-0.15, -0.1) is 0 Å². The van der Waals surface area contributed by atoms with Gasteiger partial charge in [0, 0.05) is 10.9 Å². The normalized spacial score (nSPS) is 10.5. The summed E-state index contributed by atoms with van der Waals surface area (Å²) in [5.41, 5.74) is 2.17. The number of rotatable bonds is 5. The van der Waals surface area contributed by atoms with Crippen LogP contribution < -0.4 is 10.1 Å². The van der Waals surface area contributed by atoms with Crippen molar-refractivity contribution in [3.05, 3.63) is 77.0 Å². The van der Waals surface area contributed by atoms with E-state index in [0.29, 0.717) is 17.1 Å². The average Bonchev–Trinajstić information content (AvgIpc) is 3.25. The van der Waals surface area contributed by atoms with E-state index in [9.17, 15) is 14.9 Å². The molecule has 9 nitrogen and oxygen atoms in total. The minimum Gasteiger partial charge on any atom is -0.494 e. The Morgan fingerprint density at radius 2 is 1.85 bits per heavy atom. The number of benzene rings is 2. The van der Waals surface area contributed by atoms with Gasteiger partial charge < -0.3 is 14.8 Å². The van der Waals surface area contributed by atoms with Crippen LogP contribution in [0.1, 0.15) is 31.8 Å². The first-order valence-corrected chi connectivity index (χ1v) is 9.89. The van der Waals surface area contributed by atoms with Crippen molar-refractivity contribution in [2.45, 2.75) is 6.92 Å². The van der Waals surface area contributed by atoms with Gasteiger partial charge in [-0.2, -0.15) is 15.0 Å². The summed E-state index contributed by atoms with van der Waals surface area (Å²) in [7, 11) is 2.83. The van der Waals surface area contributed by atoms with Crippen LogP contribution >= 0.6 is 0 Å². The predicted molar refractivity (Wildman–Crippen MR) is 121 cm³/mol. The summed E-state index contributed by atoms with van der Waals surface area (Å²) in [6, 6.07) is 15.5. The molecule has 0 bridgehead atoms. The second kappa shape index (κ2) is 8.80. The number of nitrogens with zero attached hydrogens (tertiary/aromatic N) is 4. The first kappa shape index (κ1) is 21.5. The first-order valence-electron chi connectivity index (χ1n) is 9.89. The number of fused-ring (bicyclic) bond motifs is 1. The Hall–Kier alpha value is -4.71. The molecule has 4 aromatic rings. The van der Waals surface area contributed by atoms with Crippen LogP contribution in [0.25, 0.3) is 16.7 Å². The van der Waals surface area contributed by atoms with Crippen LogP contribution in [0.2, 0.25) is 0 Å². The van der Waals surface area contributed by atoms with Crippen molar-refractivity contribution in [2.75, 3.05) is 19.5 Å². The van der Waals surface area contributed by atoms with E-state index >= 15 is 0 Å². The maximum absolute atomic E-state index is 13.0. The molecule has 0 unspecified atom stereocenters. The van der Waals surface area contributed by atoms with Crippen LogP contribution in [0.5, 0.6) is 5.75 Å². The van der Waals surface area contributed by atoms with Crippen molar-refractivity contribution in [1.82, 2.24) is 14.8 Å². The molecule has 2 heterocycles. The van der Waals surface area contributed by atoms with Gasteiger partial charge in [0.1, 0.15) is 22.9 Å². The molecule has 4 rings (SSSR count). The minimum absolute atomic E-state index is 0.159. The van der Waals surface area contributed by atoms with Gasteiger partial charge in [-0.1, -0.05) is 18.2 Å². The summed E-state index contributed by atoms with van der Waals surface area (Å²) in [4.78, 5) is 29.4. The number of aryl methyl sites for hydroxylation is 1. The lowest BCUT2D eigenvalue weighted by Gasteiger charge is -2.13. The highest BCUT2D eigenvalue weighted by atomic mass is 16.5. The fraction of sp³-hybridized carbons (Fsp3) is 0.125. The zero-order chi connectivity index (χ0) is 23.5. The SMILES string of the molecule is COC(=O)c1cccc(C(=O)Nc2c(C#N)cnn2-c2cc(C)c3cccc(OC)c3n2)c1. The predicted octanol–water partition coefficient (Wildman–Crippen LogP) is 3.65. The van der Waals surface area contributed by atoms with Gasteiger partial charge in [0.2, 0.25) is 0 Å². The zero-order valence-electron chi connectivity index (χ0n) is 18.1. The van der Waals surface area contributed by atoms with Gasteiger partial charge in [-0.25, -0.2) is 9.78 Å². The molecule has 0 aliphatic carbocycles. The largest absolute Gasteiger partial charge is 0.494 e. The molecule has 0 atom stereocenters. The summed E-state index contributed by atoms with van der Waals surface area (Å²) in [6.07, 6.45) is 1.35. The monoisotopic (exact) mass is 441 g/mol. The van der Waals surface area contributed by atoms with Crippen molar-refractivity contribution in [3.8, 4) is 17.6 Å². The summed E-state index contributed by atoms with van der Waals surface area (Å²) in [6.45, 7) is 1.93. The van der Waals surface area contributed by atoms with E-state index in [1.807, 2.05) is 31.2 Å². The third kappa shape index (κ3) is 3.97. The summed E-state index contributed by atoms with van der Waals surface area (Å²) >= 11 is 0. The van der Waals surface area contributed by atoms with Crippen LogP contribution in [0, 0.1) is 18.3 Å². The number of aromatic nitrogens is 3. The number of hydrogen-bond donors (Lipinski definition) is 1. The molecule has 0 spiro atoms. The smallest absolute Gasteiger partial charge is 0.337 e. The van der Waals surface area contributed by atoms with E-state index in [1.54, 1.807) is 31.4 Å². The van der Waals surface area contributed by atoms with E-state index in [2.05, 4.69) is 15.4 Å². The molecule has 2 aromatic carbocycles. The van der Waals surface area contributed by atoms with Gasteiger partial charge >= 0.3 is 5.97 Å². The van der Waals surface area contributed by atoms with E-state index in [0.717, 1.165) is 10.9 Å². The molecule has 0 radical (unpaired) electrons. The van der Waals surface area contributed by atoms with Gasteiger partial charge in [0.15, 0.2) is 11.6 Å². The Kier molecular flexibility index (Phi) is 5.74. The van der Waals surface area contributed by atoms with Crippen LogP contribution in [0.3, 0.4) is 0 Å². The Balaban J connectivity index is 1.77. The maximum Gasteiger partial charge on any atom is 0.337 e. The minimum atomic E-state index is -0.558. The van der Waals surface area contributed by atoms with Crippen molar-refractivity contribution >= 4 is 28.6 Å². The molecule has 1 amide bonds. The number of ether oxygens (including phenoxy) is 2. The molecule has 0 aliphatic heterocycles. The molecular formula is C24H19N5O4. The standard InChI is InChI=1S/C24H19N5O4/c1-14-10-20(27-21-18(14)8-5-9-19(21)32-2)29-22(17(12-25)13-26-29)28-23(30)15-6-4-7-16(11-15)24(31)33-3/h4-11,13H,1-3H3,(H,28,30). The molecule has 2 aromatic heterocycles. The Labute approximate surface area is 189 Å². The number of methoxy groups -OCH3 is 2. The van der Waals surface area contributed by atoms with Crippen molar-refractivity contribution in [2.24, 2.45) is 0 Å². The number of esters is 1. The van der Waals surface area contributed by atoms with Crippen LogP contribution in [0.4, 0.5) is 5.82 Å². The topological polar surface area (TPSA) is 119 Å². The molecule has 1 N–H and O–H groups in total. The highest BCUT2D eigenvalue weighted by Crippen LogP contribution is 2.29. The number of carbonyl (C=O) groups excluding carboxylic acids is 2. The lowest BCUT2D eigenvalue weighted by Crippen LogP contribution is -2.17. The molecule has 0 aliphatic rings. The zero-order valence-corrected chi connectivity index (χ0v) is 18.1. The Morgan fingerprint density at radius 1 is 1.09 bits per heavy atom. The molecule has 0 fully saturated rings. The van der Waals surface area contributed by atoms with Gasteiger partial charge in [0.25, 0.3) is 5.91 Å². The summed E-state index contributed by atoms with van der Waals surface area (Å²) < 4.78 is 11.5.